The van der Waals surface area contributed by atoms with Crippen LogP contribution in [0.15, 0.2) is 11.3 Å². The van der Waals surface area contributed by atoms with Crippen molar-refractivity contribution in [1.82, 2.24) is 10.4 Å². The number of hydrogen-bond donors (Lipinski definition) is 1. The van der Waals surface area contributed by atoms with Crippen molar-refractivity contribution in [3.63, 3.8) is 0 Å². The third kappa shape index (κ3) is 2.40. The molecular formula is C8H18N2. The van der Waals surface area contributed by atoms with Crippen LogP contribution in [0.3, 0.4) is 0 Å². The molecule has 0 rings (SSSR count). The number of hydrazine groups is 1. The summed E-state index contributed by atoms with van der Waals surface area (Å²) in [6, 6.07) is 0. The van der Waals surface area contributed by atoms with Gasteiger partial charge in [-0.15, -0.1) is 0 Å². The molecule has 0 fully saturated rings. The van der Waals surface area contributed by atoms with Crippen LogP contribution in [0, 0.1) is 0 Å². The van der Waals surface area contributed by atoms with Gasteiger partial charge in [0.2, 0.25) is 0 Å². The molecule has 60 valence electrons. The Kier molecular flexibility index (Phi) is 4.12. The van der Waals surface area contributed by atoms with Crippen LogP contribution in [-0.4, -0.2) is 19.1 Å². The van der Waals surface area contributed by atoms with Gasteiger partial charge in [-0.05, 0) is 20.3 Å². The van der Waals surface area contributed by atoms with Gasteiger partial charge in [0.15, 0.2) is 0 Å². The fourth-order valence-electron chi connectivity index (χ4n) is 1.06. The van der Waals surface area contributed by atoms with E-state index in [1.165, 1.54) is 11.3 Å². The van der Waals surface area contributed by atoms with Crippen molar-refractivity contribution in [3.8, 4) is 0 Å². The number of rotatable bonds is 3. The van der Waals surface area contributed by atoms with E-state index in [-0.39, 0.29) is 0 Å². The van der Waals surface area contributed by atoms with Crippen LogP contribution in [0.25, 0.3) is 0 Å². The molecule has 0 aromatic carbocycles. The Labute approximate surface area is 63.9 Å². The van der Waals surface area contributed by atoms with Crippen molar-refractivity contribution in [3.05, 3.63) is 11.3 Å². The van der Waals surface area contributed by atoms with E-state index in [2.05, 4.69) is 31.2 Å². The molecule has 0 aliphatic heterocycles. The summed E-state index contributed by atoms with van der Waals surface area (Å²) in [7, 11) is 3.96. The van der Waals surface area contributed by atoms with E-state index in [1.54, 1.807) is 0 Å². The summed E-state index contributed by atoms with van der Waals surface area (Å²) in [6.07, 6.45) is 1.08. The van der Waals surface area contributed by atoms with Gasteiger partial charge in [-0.25, -0.2) is 5.43 Å². The second-order valence-electron chi connectivity index (χ2n) is 2.58. The van der Waals surface area contributed by atoms with Gasteiger partial charge in [-0.3, -0.25) is 0 Å². The highest BCUT2D eigenvalue weighted by Gasteiger charge is 1.99. The van der Waals surface area contributed by atoms with Gasteiger partial charge in [0.05, 0.1) is 0 Å². The van der Waals surface area contributed by atoms with Crippen molar-refractivity contribution in [2.45, 2.75) is 27.2 Å². The lowest BCUT2D eigenvalue weighted by Crippen LogP contribution is -2.30. The van der Waals surface area contributed by atoms with E-state index in [9.17, 15) is 0 Å². The van der Waals surface area contributed by atoms with Crippen LogP contribution in [-0.2, 0) is 0 Å². The Morgan fingerprint density at radius 1 is 1.40 bits per heavy atom. The van der Waals surface area contributed by atoms with Gasteiger partial charge in [0, 0.05) is 19.8 Å². The van der Waals surface area contributed by atoms with Crippen LogP contribution in [0.1, 0.15) is 27.2 Å². The minimum Gasteiger partial charge on any atom is -0.316 e. The maximum Gasteiger partial charge on any atom is 0.0274 e. The first-order chi connectivity index (χ1) is 4.63. The van der Waals surface area contributed by atoms with E-state index < -0.39 is 0 Å². The minimum atomic E-state index is 1.08. The van der Waals surface area contributed by atoms with Crippen molar-refractivity contribution in [1.29, 1.82) is 0 Å². The van der Waals surface area contributed by atoms with Crippen LogP contribution in [0.4, 0.5) is 0 Å². The zero-order valence-corrected chi connectivity index (χ0v) is 7.65. The molecule has 0 unspecified atom stereocenters. The summed E-state index contributed by atoms with van der Waals surface area (Å²) in [6.45, 7) is 6.43. The second kappa shape index (κ2) is 4.34. The SMILES string of the molecule is CCC(=C(C)C)N(C)NC. The van der Waals surface area contributed by atoms with E-state index >= 15 is 0 Å². The van der Waals surface area contributed by atoms with E-state index in [0.29, 0.717) is 0 Å². The van der Waals surface area contributed by atoms with Gasteiger partial charge in [-0.1, -0.05) is 12.5 Å². The molecule has 0 spiro atoms. The third-order valence-electron chi connectivity index (χ3n) is 1.65. The van der Waals surface area contributed by atoms with Crippen LogP contribution in [0.5, 0.6) is 0 Å². The largest absolute Gasteiger partial charge is 0.316 e. The maximum absolute atomic E-state index is 3.07. The summed E-state index contributed by atoms with van der Waals surface area (Å²) in [5.41, 5.74) is 5.81. The Balaban J connectivity index is 4.21. The lowest BCUT2D eigenvalue weighted by Gasteiger charge is -2.21. The highest BCUT2D eigenvalue weighted by molar-refractivity contribution is 5.06. The van der Waals surface area contributed by atoms with E-state index in [4.69, 9.17) is 0 Å². The molecule has 0 aliphatic carbocycles. The summed E-state index contributed by atoms with van der Waals surface area (Å²) < 4.78 is 0. The molecule has 0 aliphatic rings. The second-order valence-corrected chi connectivity index (χ2v) is 2.58. The van der Waals surface area contributed by atoms with Crippen molar-refractivity contribution in [2.24, 2.45) is 0 Å². The average Bonchev–Trinajstić information content (AvgIpc) is 1.88. The summed E-state index contributed by atoms with van der Waals surface area (Å²) in [5.74, 6) is 0. The Morgan fingerprint density at radius 2 is 1.90 bits per heavy atom. The highest BCUT2D eigenvalue weighted by atomic mass is 15.5. The molecule has 0 bridgehead atoms. The maximum atomic E-state index is 3.07. The first-order valence-electron chi connectivity index (χ1n) is 3.71. The Hall–Kier alpha value is -0.500. The number of nitrogens with one attached hydrogen (secondary N) is 1. The molecule has 0 heterocycles. The fourth-order valence-corrected chi connectivity index (χ4v) is 1.06. The predicted molar refractivity (Wildman–Crippen MR) is 45.5 cm³/mol. The molecule has 0 atom stereocenters. The van der Waals surface area contributed by atoms with E-state index in [1.807, 2.05) is 14.1 Å². The van der Waals surface area contributed by atoms with Gasteiger partial charge in [0.25, 0.3) is 0 Å². The quantitative estimate of drug-likeness (QED) is 0.604. The molecule has 0 amide bonds. The predicted octanol–water partition coefficient (Wildman–Crippen LogP) is 1.76. The molecule has 0 aromatic rings. The van der Waals surface area contributed by atoms with Crippen LogP contribution < -0.4 is 5.43 Å². The molecular weight excluding hydrogens is 124 g/mol. The first-order valence-corrected chi connectivity index (χ1v) is 3.71. The lowest BCUT2D eigenvalue weighted by molar-refractivity contribution is 0.319. The van der Waals surface area contributed by atoms with Gasteiger partial charge >= 0.3 is 0 Å². The highest BCUT2D eigenvalue weighted by Crippen LogP contribution is 2.08. The topological polar surface area (TPSA) is 15.3 Å². The molecule has 2 heteroatoms. The zero-order valence-electron chi connectivity index (χ0n) is 7.65. The lowest BCUT2D eigenvalue weighted by atomic mass is 10.2. The third-order valence-corrected chi connectivity index (χ3v) is 1.65. The molecule has 0 saturated carbocycles. The molecule has 2 nitrogen and oxygen atoms in total. The Bertz CT molecular complexity index is 123. The summed E-state index contributed by atoms with van der Waals surface area (Å²) in [5, 5.41) is 2.05. The average molecular weight is 142 g/mol. The monoisotopic (exact) mass is 142 g/mol. The first kappa shape index (κ1) is 9.50. The van der Waals surface area contributed by atoms with Gasteiger partial charge in [0.1, 0.15) is 0 Å². The van der Waals surface area contributed by atoms with Crippen LogP contribution >= 0.6 is 0 Å². The smallest absolute Gasteiger partial charge is 0.0274 e. The molecule has 1 N–H and O–H groups in total. The van der Waals surface area contributed by atoms with Gasteiger partial charge in [-0.2, -0.15) is 0 Å². The minimum absolute atomic E-state index is 1.08. The molecule has 10 heavy (non-hydrogen) atoms. The molecule has 0 aromatic heterocycles. The normalized spacial score (nSPS) is 9.30. The van der Waals surface area contributed by atoms with Crippen LogP contribution in [0.2, 0.25) is 0 Å². The van der Waals surface area contributed by atoms with Crippen molar-refractivity contribution < 1.29 is 0 Å². The summed E-state index contributed by atoms with van der Waals surface area (Å²) in [4.78, 5) is 0. The number of hydrogen-bond acceptors (Lipinski definition) is 2. The molecule has 0 saturated heterocycles. The Morgan fingerprint density at radius 3 is 2.00 bits per heavy atom. The van der Waals surface area contributed by atoms with Crippen molar-refractivity contribution >= 4 is 0 Å². The number of allylic oxidation sites excluding steroid dienone is 2. The fraction of sp³-hybridized carbons (Fsp3) is 0.750. The standard InChI is InChI=1S/C8H18N2/c1-6-8(7(2)3)10(5)9-4/h9H,6H2,1-5H3. The van der Waals surface area contributed by atoms with Gasteiger partial charge < -0.3 is 5.01 Å². The van der Waals surface area contributed by atoms with E-state index in [0.717, 1.165) is 6.42 Å². The number of nitrogens with zero attached hydrogens (tertiary/aromatic N) is 1. The van der Waals surface area contributed by atoms with Crippen molar-refractivity contribution in [2.75, 3.05) is 14.1 Å². The zero-order chi connectivity index (χ0) is 8.15. The molecule has 0 radical (unpaired) electrons. The summed E-state index contributed by atoms with van der Waals surface area (Å²) >= 11 is 0.